The molecule has 0 aromatic carbocycles. The van der Waals surface area contributed by atoms with Gasteiger partial charge >= 0.3 is 0 Å². The Morgan fingerprint density at radius 3 is 2.08 bits per heavy atom. The first-order valence-electron chi connectivity index (χ1n) is 5.19. The molecule has 3 nitrogen and oxygen atoms in total. The number of aliphatic hydroxyl groups is 1. The smallest absolute Gasteiger partial charge is 0.0638 e. The van der Waals surface area contributed by atoms with Crippen molar-refractivity contribution in [1.29, 1.82) is 0 Å². The fourth-order valence-corrected chi connectivity index (χ4v) is 1.39. The van der Waals surface area contributed by atoms with Gasteiger partial charge in [0.2, 0.25) is 0 Å². The van der Waals surface area contributed by atoms with Crippen molar-refractivity contribution in [2.75, 3.05) is 39.8 Å². The largest absolute Gasteiger partial charge is 0.392 e. The van der Waals surface area contributed by atoms with Gasteiger partial charge in [-0.25, -0.2) is 0 Å². The SMILES string of the molecule is CCN(CC)CCN(C)CC(C)O. The maximum absolute atomic E-state index is 9.15. The molecule has 0 aliphatic heterocycles. The van der Waals surface area contributed by atoms with Crippen LogP contribution in [0.25, 0.3) is 0 Å². The topological polar surface area (TPSA) is 26.7 Å². The third-order valence-electron chi connectivity index (χ3n) is 2.27. The standard InChI is InChI=1S/C10H24N2O/c1-5-12(6-2)8-7-11(4)9-10(3)13/h10,13H,5-9H2,1-4H3. The third kappa shape index (κ3) is 6.99. The molecule has 0 bridgehead atoms. The Morgan fingerprint density at radius 1 is 1.15 bits per heavy atom. The molecule has 0 aromatic rings. The Balaban J connectivity index is 3.49. The van der Waals surface area contributed by atoms with Crippen LogP contribution in [-0.2, 0) is 0 Å². The summed E-state index contributed by atoms with van der Waals surface area (Å²) in [6.45, 7) is 11.3. The molecule has 0 fully saturated rings. The van der Waals surface area contributed by atoms with Crippen LogP contribution >= 0.6 is 0 Å². The van der Waals surface area contributed by atoms with Crippen molar-refractivity contribution < 1.29 is 5.11 Å². The molecule has 0 aliphatic carbocycles. The summed E-state index contributed by atoms with van der Waals surface area (Å²) >= 11 is 0. The van der Waals surface area contributed by atoms with Crippen molar-refractivity contribution in [2.24, 2.45) is 0 Å². The summed E-state index contributed by atoms with van der Waals surface area (Å²) in [5, 5.41) is 9.15. The molecule has 0 spiro atoms. The normalized spacial score (nSPS) is 14.1. The predicted molar refractivity (Wildman–Crippen MR) is 57.0 cm³/mol. The van der Waals surface area contributed by atoms with Crippen LogP contribution in [0.1, 0.15) is 20.8 Å². The quantitative estimate of drug-likeness (QED) is 0.635. The average molecular weight is 188 g/mol. The van der Waals surface area contributed by atoms with Gasteiger partial charge in [-0.2, -0.15) is 0 Å². The zero-order valence-electron chi connectivity index (χ0n) is 9.45. The van der Waals surface area contributed by atoms with Gasteiger partial charge in [0, 0.05) is 19.6 Å². The zero-order valence-corrected chi connectivity index (χ0v) is 9.45. The van der Waals surface area contributed by atoms with E-state index in [1.54, 1.807) is 0 Å². The maximum Gasteiger partial charge on any atom is 0.0638 e. The molecule has 0 rings (SSSR count). The Kier molecular flexibility index (Phi) is 7.23. The summed E-state index contributed by atoms with van der Waals surface area (Å²) in [5.74, 6) is 0. The van der Waals surface area contributed by atoms with Gasteiger partial charge in [-0.05, 0) is 27.1 Å². The van der Waals surface area contributed by atoms with Crippen molar-refractivity contribution in [3.63, 3.8) is 0 Å². The second kappa shape index (κ2) is 7.30. The first-order chi connectivity index (χ1) is 6.10. The number of aliphatic hydroxyl groups excluding tert-OH is 1. The van der Waals surface area contributed by atoms with Gasteiger partial charge in [-0.15, -0.1) is 0 Å². The number of rotatable bonds is 7. The van der Waals surface area contributed by atoms with E-state index in [9.17, 15) is 0 Å². The fraction of sp³-hybridized carbons (Fsp3) is 1.00. The molecule has 1 unspecified atom stereocenters. The van der Waals surface area contributed by atoms with E-state index in [1.807, 2.05) is 6.92 Å². The molecular weight excluding hydrogens is 164 g/mol. The molecule has 0 heterocycles. The van der Waals surface area contributed by atoms with Crippen LogP contribution < -0.4 is 0 Å². The van der Waals surface area contributed by atoms with Gasteiger partial charge in [0.25, 0.3) is 0 Å². The number of hydrogen-bond donors (Lipinski definition) is 1. The molecule has 13 heavy (non-hydrogen) atoms. The minimum atomic E-state index is -0.221. The second-order valence-electron chi connectivity index (χ2n) is 3.64. The van der Waals surface area contributed by atoms with E-state index in [4.69, 9.17) is 5.11 Å². The summed E-state index contributed by atoms with van der Waals surface area (Å²) in [6.07, 6.45) is -0.221. The van der Waals surface area contributed by atoms with Gasteiger partial charge in [0.1, 0.15) is 0 Å². The molecule has 0 amide bonds. The molecule has 80 valence electrons. The Bertz CT molecular complexity index is 113. The highest BCUT2D eigenvalue weighted by atomic mass is 16.3. The number of nitrogens with zero attached hydrogens (tertiary/aromatic N) is 2. The van der Waals surface area contributed by atoms with Crippen molar-refractivity contribution in [3.8, 4) is 0 Å². The summed E-state index contributed by atoms with van der Waals surface area (Å²) in [6, 6.07) is 0. The summed E-state index contributed by atoms with van der Waals surface area (Å²) in [4.78, 5) is 4.56. The van der Waals surface area contributed by atoms with E-state index in [0.717, 1.165) is 32.7 Å². The maximum atomic E-state index is 9.15. The minimum absolute atomic E-state index is 0.221. The van der Waals surface area contributed by atoms with Gasteiger partial charge in [0.05, 0.1) is 6.10 Å². The highest BCUT2D eigenvalue weighted by Gasteiger charge is 2.04. The molecule has 0 aliphatic rings. The Morgan fingerprint density at radius 2 is 1.69 bits per heavy atom. The van der Waals surface area contributed by atoms with E-state index in [1.165, 1.54) is 0 Å². The highest BCUT2D eigenvalue weighted by Crippen LogP contribution is 1.91. The highest BCUT2D eigenvalue weighted by molar-refractivity contribution is 4.60. The van der Waals surface area contributed by atoms with Crippen LogP contribution in [0.15, 0.2) is 0 Å². The molecule has 3 heteroatoms. The lowest BCUT2D eigenvalue weighted by atomic mass is 10.3. The average Bonchev–Trinajstić information content (AvgIpc) is 2.05. The second-order valence-corrected chi connectivity index (χ2v) is 3.64. The lowest BCUT2D eigenvalue weighted by molar-refractivity contribution is 0.133. The van der Waals surface area contributed by atoms with Gasteiger partial charge in [0.15, 0.2) is 0 Å². The van der Waals surface area contributed by atoms with Crippen molar-refractivity contribution in [3.05, 3.63) is 0 Å². The molecule has 0 aromatic heterocycles. The Hall–Kier alpha value is -0.120. The molecular formula is C10H24N2O. The summed E-state index contributed by atoms with van der Waals surface area (Å²) in [7, 11) is 2.05. The third-order valence-corrected chi connectivity index (χ3v) is 2.27. The Labute approximate surface area is 82.3 Å². The van der Waals surface area contributed by atoms with E-state index in [0.29, 0.717) is 0 Å². The van der Waals surface area contributed by atoms with Crippen LogP contribution in [0.4, 0.5) is 0 Å². The molecule has 1 atom stereocenters. The minimum Gasteiger partial charge on any atom is -0.392 e. The fourth-order valence-electron chi connectivity index (χ4n) is 1.39. The number of hydrogen-bond acceptors (Lipinski definition) is 3. The lowest BCUT2D eigenvalue weighted by Crippen LogP contribution is -2.36. The van der Waals surface area contributed by atoms with Crippen molar-refractivity contribution >= 4 is 0 Å². The van der Waals surface area contributed by atoms with Crippen molar-refractivity contribution in [1.82, 2.24) is 9.80 Å². The first kappa shape index (κ1) is 12.9. The predicted octanol–water partition coefficient (Wildman–Crippen LogP) is 0.641. The van der Waals surface area contributed by atoms with Gasteiger partial charge in [-0.3, -0.25) is 0 Å². The molecule has 1 N–H and O–H groups in total. The number of likely N-dealkylation sites (N-methyl/N-ethyl adjacent to an activating group) is 2. The molecule has 0 saturated heterocycles. The van der Waals surface area contributed by atoms with E-state index in [2.05, 4.69) is 30.7 Å². The van der Waals surface area contributed by atoms with Crippen LogP contribution in [0, 0.1) is 0 Å². The summed E-state index contributed by atoms with van der Waals surface area (Å²) < 4.78 is 0. The zero-order chi connectivity index (χ0) is 10.3. The monoisotopic (exact) mass is 188 g/mol. The van der Waals surface area contributed by atoms with E-state index in [-0.39, 0.29) is 6.10 Å². The molecule has 0 saturated carbocycles. The van der Waals surface area contributed by atoms with Crippen molar-refractivity contribution in [2.45, 2.75) is 26.9 Å². The first-order valence-corrected chi connectivity index (χ1v) is 5.19. The van der Waals surface area contributed by atoms with Gasteiger partial charge in [-0.1, -0.05) is 13.8 Å². The van der Waals surface area contributed by atoms with Crippen LogP contribution in [0.2, 0.25) is 0 Å². The molecule has 0 radical (unpaired) electrons. The lowest BCUT2D eigenvalue weighted by Gasteiger charge is -2.23. The van der Waals surface area contributed by atoms with Crippen LogP contribution in [-0.4, -0.2) is 60.8 Å². The summed E-state index contributed by atoms with van der Waals surface area (Å²) in [5.41, 5.74) is 0. The van der Waals surface area contributed by atoms with Crippen LogP contribution in [0.5, 0.6) is 0 Å². The van der Waals surface area contributed by atoms with E-state index >= 15 is 0 Å². The van der Waals surface area contributed by atoms with Crippen LogP contribution in [0.3, 0.4) is 0 Å². The van der Waals surface area contributed by atoms with E-state index < -0.39 is 0 Å². The van der Waals surface area contributed by atoms with Gasteiger partial charge < -0.3 is 14.9 Å².